The number of nitrogens with one attached hydrogen (secondary N) is 1. The number of anilines is 1. The molecular weight excluding hydrogens is 289 g/mol. The third kappa shape index (κ3) is 5.19. The first-order valence-electron chi connectivity index (χ1n) is 5.21. The molecule has 0 saturated heterocycles. The minimum Gasteiger partial charge on any atom is -0.382 e. The fourth-order valence-corrected chi connectivity index (χ4v) is 1.73. The van der Waals surface area contributed by atoms with Crippen LogP contribution in [0.15, 0.2) is 22.7 Å². The molecule has 4 heteroatoms. The van der Waals surface area contributed by atoms with Gasteiger partial charge in [0.25, 0.3) is 0 Å². The normalized spacial score (nSPS) is 11.6. The largest absolute Gasteiger partial charge is 0.382 e. The lowest BCUT2D eigenvalue weighted by Crippen LogP contribution is -2.23. The summed E-state index contributed by atoms with van der Waals surface area (Å²) in [4.78, 5) is 0. The zero-order valence-electron chi connectivity index (χ0n) is 9.81. The van der Waals surface area contributed by atoms with Crippen molar-refractivity contribution in [2.45, 2.75) is 26.4 Å². The lowest BCUT2D eigenvalue weighted by atomic mass is 10.2. The first-order chi connectivity index (χ1) is 7.38. The van der Waals surface area contributed by atoms with Gasteiger partial charge in [-0.05, 0) is 54.9 Å². The molecule has 0 aliphatic heterocycles. The van der Waals surface area contributed by atoms with Gasteiger partial charge in [0.1, 0.15) is 0 Å². The maximum atomic E-state index is 5.91. The highest BCUT2D eigenvalue weighted by Crippen LogP contribution is 2.25. The predicted octanol–water partition coefficient (Wildman–Crippen LogP) is 4.33. The van der Waals surface area contributed by atoms with E-state index in [1.807, 2.05) is 39.0 Å². The molecule has 0 aromatic heterocycles. The Hall–Kier alpha value is -0.250. The standard InChI is InChI=1S/C12H17BrClNO/c1-12(2,3)16-7-6-15-11-8-9(14)4-5-10(11)13/h4-5,8,15H,6-7H2,1-3H3. The third-order valence-corrected chi connectivity index (χ3v) is 2.81. The summed E-state index contributed by atoms with van der Waals surface area (Å²) in [6, 6.07) is 5.67. The van der Waals surface area contributed by atoms with E-state index in [0.717, 1.165) is 21.7 Å². The Balaban J connectivity index is 2.40. The zero-order valence-corrected chi connectivity index (χ0v) is 12.2. The molecular formula is C12H17BrClNO. The van der Waals surface area contributed by atoms with E-state index in [0.29, 0.717) is 6.61 Å². The Bertz CT molecular complexity index is 349. The van der Waals surface area contributed by atoms with Gasteiger partial charge in [-0.15, -0.1) is 0 Å². The molecule has 1 N–H and O–H groups in total. The molecule has 0 spiro atoms. The Morgan fingerprint density at radius 2 is 2.06 bits per heavy atom. The predicted molar refractivity (Wildman–Crippen MR) is 73.3 cm³/mol. The van der Waals surface area contributed by atoms with Gasteiger partial charge in [-0.2, -0.15) is 0 Å². The van der Waals surface area contributed by atoms with Crippen molar-refractivity contribution in [2.24, 2.45) is 0 Å². The van der Waals surface area contributed by atoms with Gasteiger partial charge in [0.15, 0.2) is 0 Å². The van der Waals surface area contributed by atoms with Crippen LogP contribution in [-0.4, -0.2) is 18.8 Å². The molecule has 16 heavy (non-hydrogen) atoms. The summed E-state index contributed by atoms with van der Waals surface area (Å²) in [5.74, 6) is 0. The average molecular weight is 307 g/mol. The van der Waals surface area contributed by atoms with Crippen molar-refractivity contribution in [3.05, 3.63) is 27.7 Å². The van der Waals surface area contributed by atoms with E-state index in [1.165, 1.54) is 0 Å². The second-order valence-electron chi connectivity index (χ2n) is 4.51. The van der Waals surface area contributed by atoms with Gasteiger partial charge in [0.05, 0.1) is 12.2 Å². The molecule has 0 heterocycles. The monoisotopic (exact) mass is 305 g/mol. The number of ether oxygens (including phenoxy) is 1. The van der Waals surface area contributed by atoms with E-state index in [9.17, 15) is 0 Å². The maximum Gasteiger partial charge on any atom is 0.0646 e. The molecule has 90 valence electrons. The van der Waals surface area contributed by atoms with E-state index < -0.39 is 0 Å². The van der Waals surface area contributed by atoms with Gasteiger partial charge >= 0.3 is 0 Å². The quantitative estimate of drug-likeness (QED) is 0.836. The van der Waals surface area contributed by atoms with Crippen LogP contribution in [0.4, 0.5) is 5.69 Å². The molecule has 0 saturated carbocycles. The SMILES string of the molecule is CC(C)(C)OCCNc1cc(Cl)ccc1Br. The van der Waals surface area contributed by atoms with E-state index >= 15 is 0 Å². The smallest absolute Gasteiger partial charge is 0.0646 e. The van der Waals surface area contributed by atoms with Crippen molar-refractivity contribution < 1.29 is 4.74 Å². The fourth-order valence-electron chi connectivity index (χ4n) is 1.18. The Labute approximate surface area is 110 Å². The molecule has 1 aromatic carbocycles. The van der Waals surface area contributed by atoms with Crippen molar-refractivity contribution in [1.29, 1.82) is 0 Å². The van der Waals surface area contributed by atoms with Crippen molar-refractivity contribution in [1.82, 2.24) is 0 Å². The van der Waals surface area contributed by atoms with Crippen LogP contribution in [0.25, 0.3) is 0 Å². The van der Waals surface area contributed by atoms with Gasteiger partial charge in [-0.3, -0.25) is 0 Å². The molecule has 1 aromatic rings. The van der Waals surface area contributed by atoms with Crippen LogP contribution in [0.1, 0.15) is 20.8 Å². The van der Waals surface area contributed by atoms with Gasteiger partial charge in [0, 0.05) is 21.7 Å². The van der Waals surface area contributed by atoms with Crippen LogP contribution < -0.4 is 5.32 Å². The van der Waals surface area contributed by atoms with E-state index in [4.69, 9.17) is 16.3 Å². The second-order valence-corrected chi connectivity index (χ2v) is 5.80. The number of hydrogen-bond acceptors (Lipinski definition) is 2. The molecule has 0 atom stereocenters. The third-order valence-electron chi connectivity index (χ3n) is 1.88. The van der Waals surface area contributed by atoms with Gasteiger partial charge < -0.3 is 10.1 Å². The lowest BCUT2D eigenvalue weighted by Gasteiger charge is -2.20. The van der Waals surface area contributed by atoms with Crippen LogP contribution in [-0.2, 0) is 4.74 Å². The highest BCUT2D eigenvalue weighted by atomic mass is 79.9. The topological polar surface area (TPSA) is 21.3 Å². The summed E-state index contributed by atoms with van der Waals surface area (Å²) in [5.41, 5.74) is 0.901. The van der Waals surface area contributed by atoms with Crippen LogP contribution >= 0.6 is 27.5 Å². The van der Waals surface area contributed by atoms with Crippen molar-refractivity contribution in [2.75, 3.05) is 18.5 Å². The van der Waals surface area contributed by atoms with E-state index in [1.54, 1.807) is 0 Å². The summed E-state index contributed by atoms with van der Waals surface area (Å²) in [6.07, 6.45) is 0. The van der Waals surface area contributed by atoms with Crippen molar-refractivity contribution in [3.63, 3.8) is 0 Å². The Kier molecular flexibility index (Phi) is 5.09. The molecule has 1 rings (SSSR count). The van der Waals surface area contributed by atoms with Crippen LogP contribution in [0.3, 0.4) is 0 Å². The highest BCUT2D eigenvalue weighted by Gasteiger charge is 2.09. The van der Waals surface area contributed by atoms with Crippen LogP contribution in [0, 0.1) is 0 Å². The van der Waals surface area contributed by atoms with Gasteiger partial charge in [-0.25, -0.2) is 0 Å². The zero-order chi connectivity index (χ0) is 12.2. The maximum absolute atomic E-state index is 5.91. The molecule has 0 radical (unpaired) electrons. The Morgan fingerprint density at radius 3 is 2.69 bits per heavy atom. The van der Waals surface area contributed by atoms with Crippen molar-refractivity contribution >= 4 is 33.2 Å². The summed E-state index contributed by atoms with van der Waals surface area (Å²) in [7, 11) is 0. The van der Waals surface area contributed by atoms with E-state index in [2.05, 4.69) is 21.2 Å². The number of halogens is 2. The molecule has 0 unspecified atom stereocenters. The first-order valence-corrected chi connectivity index (χ1v) is 6.38. The molecule has 0 amide bonds. The molecule has 0 aliphatic carbocycles. The Morgan fingerprint density at radius 1 is 1.38 bits per heavy atom. The summed E-state index contributed by atoms with van der Waals surface area (Å²) < 4.78 is 6.62. The van der Waals surface area contributed by atoms with E-state index in [-0.39, 0.29) is 5.60 Å². The summed E-state index contributed by atoms with van der Waals surface area (Å²) in [5, 5.41) is 3.99. The highest BCUT2D eigenvalue weighted by molar-refractivity contribution is 9.10. The number of rotatable bonds is 4. The fraction of sp³-hybridized carbons (Fsp3) is 0.500. The van der Waals surface area contributed by atoms with Gasteiger partial charge in [0.2, 0.25) is 0 Å². The average Bonchev–Trinajstić information content (AvgIpc) is 2.16. The van der Waals surface area contributed by atoms with Crippen molar-refractivity contribution in [3.8, 4) is 0 Å². The first kappa shape index (κ1) is 13.8. The van der Waals surface area contributed by atoms with Crippen LogP contribution in [0.5, 0.6) is 0 Å². The summed E-state index contributed by atoms with van der Waals surface area (Å²) in [6.45, 7) is 7.56. The summed E-state index contributed by atoms with van der Waals surface area (Å²) >= 11 is 9.37. The minimum absolute atomic E-state index is 0.0900. The number of hydrogen-bond donors (Lipinski definition) is 1. The molecule has 0 bridgehead atoms. The molecule has 0 aliphatic rings. The minimum atomic E-state index is -0.0900. The number of benzene rings is 1. The van der Waals surface area contributed by atoms with Crippen LogP contribution in [0.2, 0.25) is 5.02 Å². The second kappa shape index (κ2) is 5.89. The molecule has 2 nitrogen and oxygen atoms in total. The lowest BCUT2D eigenvalue weighted by molar-refractivity contribution is 0.00333. The van der Waals surface area contributed by atoms with Gasteiger partial charge in [-0.1, -0.05) is 11.6 Å². The molecule has 0 fully saturated rings.